The second-order valence-electron chi connectivity index (χ2n) is 9.84. The van der Waals surface area contributed by atoms with Gasteiger partial charge in [0.25, 0.3) is 0 Å². The summed E-state index contributed by atoms with van der Waals surface area (Å²) in [5, 5.41) is 4.52. The third-order valence-electron chi connectivity index (χ3n) is 6.62. The first kappa shape index (κ1) is 26.0. The average molecular weight is 561 g/mol. The number of nitrogens with zero attached hydrogens (tertiary/aromatic N) is 2. The first-order valence-electron chi connectivity index (χ1n) is 12.9. The van der Waals surface area contributed by atoms with Gasteiger partial charge < -0.3 is 0 Å². The van der Waals surface area contributed by atoms with Crippen molar-refractivity contribution in [1.29, 1.82) is 0 Å². The Balaban J connectivity index is 1.11. The van der Waals surface area contributed by atoms with Crippen molar-refractivity contribution in [3.05, 3.63) is 119 Å². The Labute approximate surface area is 242 Å². The van der Waals surface area contributed by atoms with Gasteiger partial charge >= 0.3 is 0 Å². The number of hydrogen-bond donors (Lipinski definition) is 0. The predicted molar refractivity (Wildman–Crippen MR) is 168 cm³/mol. The van der Waals surface area contributed by atoms with Crippen molar-refractivity contribution in [3.8, 4) is 0 Å². The lowest BCUT2D eigenvalue weighted by Crippen LogP contribution is -1.88. The highest BCUT2D eigenvalue weighted by molar-refractivity contribution is 8.00. The number of pyridine rings is 2. The number of hydrogen-bond acceptors (Lipinski definition) is 5. The molecule has 2 nitrogen and oxygen atoms in total. The second-order valence-corrected chi connectivity index (χ2v) is 13.2. The fourth-order valence-electron chi connectivity index (χ4n) is 4.59. The Kier molecular flexibility index (Phi) is 7.39. The summed E-state index contributed by atoms with van der Waals surface area (Å²) < 4.78 is 0. The van der Waals surface area contributed by atoms with Gasteiger partial charge in [0, 0.05) is 30.4 Å². The molecule has 0 unspecified atom stereocenters. The van der Waals surface area contributed by atoms with E-state index in [9.17, 15) is 0 Å². The third-order valence-corrected chi connectivity index (χ3v) is 9.49. The molecule has 6 aromatic rings. The van der Waals surface area contributed by atoms with Crippen molar-refractivity contribution in [2.45, 2.75) is 57.3 Å². The van der Waals surface area contributed by atoms with Crippen molar-refractivity contribution < 1.29 is 0 Å². The summed E-state index contributed by atoms with van der Waals surface area (Å²) in [4.78, 5) is 14.6. The van der Waals surface area contributed by atoms with Crippen LogP contribution >= 0.6 is 35.3 Å². The Morgan fingerprint density at radius 2 is 0.769 bits per heavy atom. The van der Waals surface area contributed by atoms with Crippen LogP contribution in [0.2, 0.25) is 0 Å². The van der Waals surface area contributed by atoms with E-state index in [4.69, 9.17) is 9.97 Å². The molecule has 0 saturated heterocycles. The molecule has 0 spiro atoms. The highest BCUT2D eigenvalue weighted by Crippen LogP contribution is 2.35. The van der Waals surface area contributed by atoms with Gasteiger partial charge in [-0.3, -0.25) is 0 Å². The van der Waals surface area contributed by atoms with Gasteiger partial charge in [-0.05, 0) is 124 Å². The first-order chi connectivity index (χ1) is 18.9. The lowest BCUT2D eigenvalue weighted by atomic mass is 10.1. The molecule has 6 rings (SSSR count). The maximum Gasteiger partial charge on any atom is 0.102 e. The second kappa shape index (κ2) is 11.1. The standard InChI is InChI=1S/C34H28N2S3/c1-21-5-15-31-29(17-21)23(3)19-33(35-31)38-27-11-7-25(8-12-27)37-26-9-13-28(14-10-26)39-34-20-24(4)30-18-22(2)6-16-32(30)36-34/h5-20H,1-4H3. The van der Waals surface area contributed by atoms with Crippen LogP contribution in [0.25, 0.3) is 21.8 Å². The Morgan fingerprint density at radius 1 is 0.410 bits per heavy atom. The summed E-state index contributed by atoms with van der Waals surface area (Å²) in [6, 6.07) is 34.8. The molecule has 4 aromatic carbocycles. The van der Waals surface area contributed by atoms with Crippen LogP contribution in [0.3, 0.4) is 0 Å². The predicted octanol–water partition coefficient (Wildman–Crippen LogP) is 10.5. The lowest BCUT2D eigenvalue weighted by molar-refractivity contribution is 1.16. The van der Waals surface area contributed by atoms with Crippen LogP contribution in [0.4, 0.5) is 0 Å². The van der Waals surface area contributed by atoms with Gasteiger partial charge in [-0.1, -0.05) is 58.5 Å². The minimum absolute atomic E-state index is 1.03. The van der Waals surface area contributed by atoms with E-state index in [1.807, 2.05) is 0 Å². The first-order valence-corrected chi connectivity index (χ1v) is 15.3. The molecule has 0 aliphatic rings. The van der Waals surface area contributed by atoms with Crippen molar-refractivity contribution in [1.82, 2.24) is 9.97 Å². The van der Waals surface area contributed by atoms with Crippen LogP contribution in [0.1, 0.15) is 22.3 Å². The van der Waals surface area contributed by atoms with Crippen LogP contribution in [0, 0.1) is 27.7 Å². The van der Waals surface area contributed by atoms with E-state index in [-0.39, 0.29) is 0 Å². The largest absolute Gasteiger partial charge is 0.241 e. The summed E-state index contributed by atoms with van der Waals surface area (Å²) in [7, 11) is 0. The molecule has 0 fully saturated rings. The summed E-state index contributed by atoms with van der Waals surface area (Å²) in [6.07, 6.45) is 0. The van der Waals surface area contributed by atoms with Crippen LogP contribution in [0.5, 0.6) is 0 Å². The summed E-state index contributed by atoms with van der Waals surface area (Å²) in [5.74, 6) is 0. The molecule has 5 heteroatoms. The van der Waals surface area contributed by atoms with Crippen LogP contribution < -0.4 is 0 Å². The van der Waals surface area contributed by atoms with E-state index in [0.29, 0.717) is 0 Å². The normalized spacial score (nSPS) is 11.4. The van der Waals surface area contributed by atoms with E-state index in [1.54, 1.807) is 35.3 Å². The zero-order valence-electron chi connectivity index (χ0n) is 22.4. The van der Waals surface area contributed by atoms with Crippen LogP contribution in [0.15, 0.2) is 127 Å². The summed E-state index contributed by atoms with van der Waals surface area (Å²) >= 11 is 5.20. The molecule has 0 saturated carbocycles. The van der Waals surface area contributed by atoms with Crippen molar-refractivity contribution >= 4 is 57.1 Å². The van der Waals surface area contributed by atoms with E-state index in [0.717, 1.165) is 21.1 Å². The molecule has 0 bridgehead atoms. The van der Waals surface area contributed by atoms with Gasteiger partial charge in [-0.2, -0.15) is 0 Å². The molecule has 0 aliphatic carbocycles. The monoisotopic (exact) mass is 560 g/mol. The van der Waals surface area contributed by atoms with Crippen molar-refractivity contribution in [3.63, 3.8) is 0 Å². The molecule has 0 atom stereocenters. The van der Waals surface area contributed by atoms with Gasteiger partial charge in [0.2, 0.25) is 0 Å². The number of aryl methyl sites for hydroxylation is 4. The van der Waals surface area contributed by atoms with E-state index >= 15 is 0 Å². The van der Waals surface area contributed by atoms with Crippen molar-refractivity contribution in [2.24, 2.45) is 0 Å². The quantitative estimate of drug-likeness (QED) is 0.202. The average Bonchev–Trinajstić information content (AvgIpc) is 2.92. The molecule has 2 heterocycles. The molecule has 39 heavy (non-hydrogen) atoms. The molecular weight excluding hydrogens is 533 g/mol. The molecule has 0 amide bonds. The summed E-state index contributed by atoms with van der Waals surface area (Å²) in [5.41, 5.74) is 7.17. The molecule has 192 valence electrons. The topological polar surface area (TPSA) is 25.8 Å². The van der Waals surface area contributed by atoms with E-state index in [2.05, 4.69) is 125 Å². The highest BCUT2D eigenvalue weighted by atomic mass is 32.2. The van der Waals surface area contributed by atoms with Gasteiger partial charge in [0.05, 0.1) is 11.0 Å². The third kappa shape index (κ3) is 6.01. The Morgan fingerprint density at radius 3 is 1.15 bits per heavy atom. The zero-order chi connectivity index (χ0) is 26.9. The van der Waals surface area contributed by atoms with E-state index < -0.39 is 0 Å². The van der Waals surface area contributed by atoms with Gasteiger partial charge in [-0.25, -0.2) is 9.97 Å². The molecular formula is C34H28N2S3. The Bertz CT molecular complexity index is 1680. The fraction of sp³-hybridized carbons (Fsp3) is 0.118. The highest BCUT2D eigenvalue weighted by Gasteiger charge is 2.08. The molecule has 2 aromatic heterocycles. The summed E-state index contributed by atoms with van der Waals surface area (Å²) in [6.45, 7) is 8.58. The van der Waals surface area contributed by atoms with E-state index in [1.165, 1.54) is 52.6 Å². The SMILES string of the molecule is Cc1ccc2nc(Sc3ccc(Sc4ccc(Sc5cc(C)c6cc(C)ccc6n5)cc4)cc3)cc(C)c2c1. The number of rotatable bonds is 6. The van der Waals surface area contributed by atoms with Gasteiger partial charge in [0.15, 0.2) is 0 Å². The number of aromatic nitrogens is 2. The van der Waals surface area contributed by atoms with Gasteiger partial charge in [0.1, 0.15) is 10.1 Å². The minimum atomic E-state index is 1.03. The number of fused-ring (bicyclic) bond motifs is 2. The number of benzene rings is 4. The Hall–Kier alpha value is -3.25. The molecule has 0 N–H and O–H groups in total. The fourth-order valence-corrected chi connectivity index (χ4v) is 7.19. The molecule has 0 aliphatic heterocycles. The minimum Gasteiger partial charge on any atom is -0.241 e. The molecule has 0 radical (unpaired) electrons. The van der Waals surface area contributed by atoms with Gasteiger partial charge in [-0.15, -0.1) is 0 Å². The zero-order valence-corrected chi connectivity index (χ0v) is 24.8. The van der Waals surface area contributed by atoms with Crippen LogP contribution in [-0.4, -0.2) is 9.97 Å². The van der Waals surface area contributed by atoms with Crippen LogP contribution in [-0.2, 0) is 0 Å². The smallest absolute Gasteiger partial charge is 0.102 e. The van der Waals surface area contributed by atoms with Crippen molar-refractivity contribution in [2.75, 3.05) is 0 Å². The maximum absolute atomic E-state index is 4.88. The lowest BCUT2D eigenvalue weighted by Gasteiger charge is -2.09. The maximum atomic E-state index is 4.88.